The molecule has 0 radical (unpaired) electrons. The number of hydrogen-bond acceptors (Lipinski definition) is 3. The second-order valence-corrected chi connectivity index (χ2v) is 6.15. The van der Waals surface area contributed by atoms with Crippen molar-refractivity contribution in [2.24, 2.45) is 0 Å². The number of benzene rings is 2. The Morgan fingerprint density at radius 2 is 1.83 bits per heavy atom. The molecule has 0 fully saturated rings. The molecule has 2 rings (SSSR count). The molecule has 0 spiro atoms. The largest absolute Gasteiger partial charge is 0.496 e. The van der Waals surface area contributed by atoms with Crippen molar-refractivity contribution in [3.63, 3.8) is 0 Å². The second-order valence-electron chi connectivity index (χ2n) is 6.15. The van der Waals surface area contributed by atoms with Gasteiger partial charge < -0.3 is 14.8 Å². The summed E-state index contributed by atoms with van der Waals surface area (Å²) in [6, 6.07) is 14.8. The van der Waals surface area contributed by atoms with Crippen molar-refractivity contribution in [2.75, 3.05) is 7.11 Å². The SMILES string of the molecule is COc1ccc(CNC(C)c2cccc(OC(C)C)c2)cc1C. The van der Waals surface area contributed by atoms with E-state index in [2.05, 4.69) is 43.4 Å². The average Bonchev–Trinajstić information content (AvgIpc) is 2.52. The van der Waals surface area contributed by atoms with Crippen LogP contribution in [-0.4, -0.2) is 13.2 Å². The Kier molecular flexibility index (Phi) is 6.05. The third kappa shape index (κ3) is 5.00. The van der Waals surface area contributed by atoms with Crippen LogP contribution in [0.5, 0.6) is 11.5 Å². The lowest BCUT2D eigenvalue weighted by Crippen LogP contribution is -2.18. The maximum absolute atomic E-state index is 5.77. The van der Waals surface area contributed by atoms with E-state index in [4.69, 9.17) is 9.47 Å². The fraction of sp³-hybridized carbons (Fsp3) is 0.400. The maximum Gasteiger partial charge on any atom is 0.121 e. The van der Waals surface area contributed by atoms with Crippen LogP contribution in [0, 0.1) is 6.92 Å². The highest BCUT2D eigenvalue weighted by atomic mass is 16.5. The van der Waals surface area contributed by atoms with Crippen molar-refractivity contribution in [2.45, 2.75) is 46.4 Å². The zero-order valence-electron chi connectivity index (χ0n) is 14.7. The first-order valence-corrected chi connectivity index (χ1v) is 8.13. The van der Waals surface area contributed by atoms with Gasteiger partial charge in [-0.3, -0.25) is 0 Å². The van der Waals surface area contributed by atoms with E-state index in [1.807, 2.05) is 32.0 Å². The van der Waals surface area contributed by atoms with Gasteiger partial charge in [-0.2, -0.15) is 0 Å². The van der Waals surface area contributed by atoms with E-state index in [0.717, 1.165) is 23.6 Å². The molecule has 0 saturated carbocycles. The van der Waals surface area contributed by atoms with Gasteiger partial charge in [0.15, 0.2) is 0 Å². The standard InChI is InChI=1S/C20H27NO2/c1-14(2)23-19-8-6-7-18(12-19)16(4)21-13-17-9-10-20(22-5)15(3)11-17/h6-12,14,16,21H,13H2,1-5H3. The Hall–Kier alpha value is -2.00. The molecule has 1 unspecified atom stereocenters. The van der Waals surface area contributed by atoms with E-state index in [0.29, 0.717) is 0 Å². The summed E-state index contributed by atoms with van der Waals surface area (Å²) in [5.74, 6) is 1.85. The third-order valence-electron chi connectivity index (χ3n) is 3.80. The molecule has 0 aromatic heterocycles. The first kappa shape index (κ1) is 17.4. The molecule has 23 heavy (non-hydrogen) atoms. The van der Waals surface area contributed by atoms with Crippen LogP contribution < -0.4 is 14.8 Å². The minimum atomic E-state index is 0.191. The van der Waals surface area contributed by atoms with Gasteiger partial charge in [0.1, 0.15) is 11.5 Å². The molecule has 0 saturated heterocycles. The number of rotatable bonds is 7. The molecule has 0 heterocycles. The number of hydrogen-bond donors (Lipinski definition) is 1. The molecule has 0 aliphatic rings. The summed E-state index contributed by atoms with van der Waals surface area (Å²) < 4.78 is 11.1. The summed E-state index contributed by atoms with van der Waals surface area (Å²) in [6.07, 6.45) is 0.191. The monoisotopic (exact) mass is 313 g/mol. The highest BCUT2D eigenvalue weighted by Gasteiger charge is 2.08. The number of aryl methyl sites for hydroxylation is 1. The number of nitrogens with one attached hydrogen (secondary N) is 1. The van der Waals surface area contributed by atoms with E-state index in [1.54, 1.807) is 7.11 Å². The predicted molar refractivity (Wildman–Crippen MR) is 95.2 cm³/mol. The van der Waals surface area contributed by atoms with Crippen molar-refractivity contribution < 1.29 is 9.47 Å². The van der Waals surface area contributed by atoms with Crippen LogP contribution in [0.3, 0.4) is 0 Å². The van der Waals surface area contributed by atoms with Gasteiger partial charge in [-0.25, -0.2) is 0 Å². The maximum atomic E-state index is 5.77. The van der Waals surface area contributed by atoms with Gasteiger partial charge in [-0.15, -0.1) is 0 Å². The quantitative estimate of drug-likeness (QED) is 0.807. The van der Waals surface area contributed by atoms with Crippen molar-refractivity contribution in [3.8, 4) is 11.5 Å². The van der Waals surface area contributed by atoms with Crippen LogP contribution in [-0.2, 0) is 6.54 Å². The molecular formula is C20H27NO2. The van der Waals surface area contributed by atoms with Gasteiger partial charge in [0, 0.05) is 12.6 Å². The third-order valence-corrected chi connectivity index (χ3v) is 3.80. The Bertz CT molecular complexity index is 637. The average molecular weight is 313 g/mol. The topological polar surface area (TPSA) is 30.5 Å². The number of ether oxygens (including phenoxy) is 2. The first-order chi connectivity index (χ1) is 11.0. The van der Waals surface area contributed by atoms with Crippen molar-refractivity contribution >= 4 is 0 Å². The molecule has 2 aromatic rings. The highest BCUT2D eigenvalue weighted by Crippen LogP contribution is 2.22. The van der Waals surface area contributed by atoms with Gasteiger partial charge in [-0.05, 0) is 62.6 Å². The van der Waals surface area contributed by atoms with Gasteiger partial charge in [-0.1, -0.05) is 24.3 Å². The van der Waals surface area contributed by atoms with Crippen LogP contribution in [0.2, 0.25) is 0 Å². The molecule has 0 aliphatic carbocycles. The minimum Gasteiger partial charge on any atom is -0.496 e. The Balaban J connectivity index is 1.99. The van der Waals surface area contributed by atoms with E-state index in [-0.39, 0.29) is 12.1 Å². The Morgan fingerprint density at radius 1 is 1.04 bits per heavy atom. The highest BCUT2D eigenvalue weighted by molar-refractivity contribution is 5.36. The predicted octanol–water partition coefficient (Wildman–Crippen LogP) is 4.64. The zero-order chi connectivity index (χ0) is 16.8. The van der Waals surface area contributed by atoms with Gasteiger partial charge in [0.05, 0.1) is 13.2 Å². The zero-order valence-corrected chi connectivity index (χ0v) is 14.7. The molecular weight excluding hydrogens is 286 g/mol. The smallest absolute Gasteiger partial charge is 0.121 e. The van der Waals surface area contributed by atoms with E-state index < -0.39 is 0 Å². The molecule has 0 amide bonds. The van der Waals surface area contributed by atoms with Crippen LogP contribution in [0.15, 0.2) is 42.5 Å². The molecule has 0 bridgehead atoms. The van der Waals surface area contributed by atoms with Crippen LogP contribution in [0.4, 0.5) is 0 Å². The first-order valence-electron chi connectivity index (χ1n) is 8.13. The van der Waals surface area contributed by atoms with Crippen LogP contribution >= 0.6 is 0 Å². The van der Waals surface area contributed by atoms with E-state index >= 15 is 0 Å². The molecule has 1 N–H and O–H groups in total. The molecule has 3 nitrogen and oxygen atoms in total. The molecule has 0 aliphatic heterocycles. The van der Waals surface area contributed by atoms with Crippen molar-refractivity contribution in [1.29, 1.82) is 0 Å². The van der Waals surface area contributed by atoms with Crippen LogP contribution in [0.25, 0.3) is 0 Å². The Morgan fingerprint density at radius 3 is 2.48 bits per heavy atom. The minimum absolute atomic E-state index is 0.191. The lowest BCUT2D eigenvalue weighted by Gasteiger charge is -2.17. The molecule has 3 heteroatoms. The lowest BCUT2D eigenvalue weighted by atomic mass is 10.1. The summed E-state index contributed by atoms with van der Waals surface area (Å²) in [6.45, 7) is 9.14. The Labute approximate surface area is 139 Å². The van der Waals surface area contributed by atoms with E-state index in [1.165, 1.54) is 11.1 Å². The summed E-state index contributed by atoms with van der Waals surface area (Å²) in [5.41, 5.74) is 3.64. The van der Waals surface area contributed by atoms with Gasteiger partial charge in [0.25, 0.3) is 0 Å². The fourth-order valence-corrected chi connectivity index (χ4v) is 2.57. The second kappa shape index (κ2) is 8.02. The number of methoxy groups -OCH3 is 1. The van der Waals surface area contributed by atoms with Crippen LogP contribution in [0.1, 0.15) is 43.5 Å². The molecule has 2 aromatic carbocycles. The fourth-order valence-electron chi connectivity index (χ4n) is 2.57. The van der Waals surface area contributed by atoms with Crippen molar-refractivity contribution in [3.05, 3.63) is 59.2 Å². The summed E-state index contributed by atoms with van der Waals surface area (Å²) in [5, 5.41) is 3.56. The normalized spacial score (nSPS) is 12.3. The molecule has 1 atom stereocenters. The van der Waals surface area contributed by atoms with Crippen molar-refractivity contribution in [1.82, 2.24) is 5.32 Å². The summed E-state index contributed by atoms with van der Waals surface area (Å²) >= 11 is 0. The summed E-state index contributed by atoms with van der Waals surface area (Å²) in [7, 11) is 1.70. The summed E-state index contributed by atoms with van der Waals surface area (Å²) in [4.78, 5) is 0. The lowest BCUT2D eigenvalue weighted by molar-refractivity contribution is 0.242. The van der Waals surface area contributed by atoms with Gasteiger partial charge in [0.2, 0.25) is 0 Å². The van der Waals surface area contributed by atoms with Gasteiger partial charge >= 0.3 is 0 Å². The van der Waals surface area contributed by atoms with E-state index in [9.17, 15) is 0 Å². The molecule has 124 valence electrons.